The number of halogens is 1. The molecule has 0 spiro atoms. The van der Waals surface area contributed by atoms with Gasteiger partial charge in [0, 0.05) is 43.0 Å². The zero-order valence-corrected chi connectivity index (χ0v) is 23.0. The molecule has 0 aliphatic rings. The third-order valence-corrected chi connectivity index (χ3v) is 5.51. The molecule has 1 aromatic heterocycles. The minimum absolute atomic E-state index is 0. The molecular formula is C26H33FNNaO6. The van der Waals surface area contributed by atoms with Gasteiger partial charge in [0.25, 0.3) is 0 Å². The van der Waals surface area contributed by atoms with Gasteiger partial charge >= 0.3 is 29.6 Å². The number of carbonyl (C=O) groups is 1. The van der Waals surface area contributed by atoms with Crippen LogP contribution in [-0.2, 0) is 16.1 Å². The van der Waals surface area contributed by atoms with Crippen LogP contribution in [0, 0.1) is 5.82 Å². The molecule has 2 rings (SSSR count). The Morgan fingerprint density at radius 1 is 1.17 bits per heavy atom. The summed E-state index contributed by atoms with van der Waals surface area (Å²) in [4.78, 5) is 15.6. The van der Waals surface area contributed by atoms with E-state index in [1.165, 1.54) is 18.2 Å². The summed E-state index contributed by atoms with van der Waals surface area (Å²) in [5.74, 6) is -2.08. The van der Waals surface area contributed by atoms with E-state index >= 15 is 0 Å². The number of aliphatic hydroxyl groups excluding tert-OH is 3. The fourth-order valence-electron chi connectivity index (χ4n) is 3.86. The molecule has 0 radical (unpaired) electrons. The topological polar surface area (TPSA) is 123 Å². The first-order valence-electron chi connectivity index (χ1n) is 11.3. The van der Waals surface area contributed by atoms with Crippen molar-refractivity contribution in [3.8, 4) is 11.1 Å². The van der Waals surface area contributed by atoms with Gasteiger partial charge in [0.05, 0.1) is 36.8 Å². The van der Waals surface area contributed by atoms with Crippen LogP contribution in [0.3, 0.4) is 0 Å². The molecular weight excluding hydrogens is 464 g/mol. The maximum atomic E-state index is 13.7. The summed E-state index contributed by atoms with van der Waals surface area (Å²) >= 11 is 0. The SMILES string of the molecule is COCc1c([C@@H](C)CO)nc(C(C)C)c(/C=C/[C@H](O)C[C@H](O)CC(=O)[O-])c1-c1ccc(F)cc1.[Na+]. The number of carboxylic acids is 1. The molecule has 1 heterocycles. The Bertz CT molecular complexity index is 996. The molecule has 2 aromatic rings. The molecule has 7 nitrogen and oxygen atoms in total. The van der Waals surface area contributed by atoms with E-state index in [1.807, 2.05) is 20.8 Å². The van der Waals surface area contributed by atoms with Gasteiger partial charge in [-0.3, -0.25) is 4.98 Å². The van der Waals surface area contributed by atoms with Crippen molar-refractivity contribution in [2.24, 2.45) is 0 Å². The van der Waals surface area contributed by atoms with Crippen molar-refractivity contribution in [3.05, 3.63) is 58.7 Å². The molecule has 1 aromatic carbocycles. The van der Waals surface area contributed by atoms with E-state index < -0.39 is 24.6 Å². The van der Waals surface area contributed by atoms with Crippen molar-refractivity contribution in [2.75, 3.05) is 13.7 Å². The molecule has 0 bridgehead atoms. The number of ether oxygens (including phenoxy) is 1. The van der Waals surface area contributed by atoms with Gasteiger partial charge in [0.15, 0.2) is 0 Å². The number of hydrogen-bond acceptors (Lipinski definition) is 7. The van der Waals surface area contributed by atoms with Crippen LogP contribution in [0.4, 0.5) is 4.39 Å². The van der Waals surface area contributed by atoms with Gasteiger partial charge in [-0.2, -0.15) is 0 Å². The van der Waals surface area contributed by atoms with Crippen LogP contribution in [0.15, 0.2) is 30.3 Å². The van der Waals surface area contributed by atoms with Gasteiger partial charge in [-0.15, -0.1) is 0 Å². The van der Waals surface area contributed by atoms with E-state index in [0.29, 0.717) is 17.0 Å². The number of carbonyl (C=O) groups excluding carboxylic acids is 1. The molecule has 0 aliphatic carbocycles. The first kappa shape index (κ1) is 31.4. The van der Waals surface area contributed by atoms with Crippen molar-refractivity contribution in [1.29, 1.82) is 0 Å². The largest absolute Gasteiger partial charge is 1.00 e. The fourth-order valence-corrected chi connectivity index (χ4v) is 3.86. The standard InChI is InChI=1S/C26H34FNO6.Na/c1-15(2)25-21(10-9-19(30)11-20(31)12-23(32)33)24(17-5-7-18(27)8-6-17)22(14-34-4)26(28-25)16(3)13-29;/h5-10,15-16,19-20,29-31H,11-14H2,1-4H3,(H,32,33);/q;+1/p-1/b10-9+;/t16-,19-,20-;/m0./s1. The van der Waals surface area contributed by atoms with Crippen LogP contribution in [0.25, 0.3) is 17.2 Å². The average Bonchev–Trinajstić information content (AvgIpc) is 2.77. The third-order valence-electron chi connectivity index (χ3n) is 5.51. The van der Waals surface area contributed by atoms with Gasteiger partial charge in [0.2, 0.25) is 0 Å². The smallest absolute Gasteiger partial charge is 0.550 e. The van der Waals surface area contributed by atoms with Crippen molar-refractivity contribution >= 4 is 12.0 Å². The quantitative estimate of drug-likeness (QED) is 0.339. The molecule has 186 valence electrons. The van der Waals surface area contributed by atoms with Crippen LogP contribution in [0.2, 0.25) is 0 Å². The summed E-state index contributed by atoms with van der Waals surface area (Å²) in [5.41, 5.74) is 4.29. The van der Waals surface area contributed by atoms with Gasteiger partial charge in [0.1, 0.15) is 5.82 Å². The maximum Gasteiger partial charge on any atom is 1.00 e. The van der Waals surface area contributed by atoms with Crippen molar-refractivity contribution in [3.63, 3.8) is 0 Å². The monoisotopic (exact) mass is 497 g/mol. The van der Waals surface area contributed by atoms with E-state index in [-0.39, 0.29) is 66.8 Å². The molecule has 0 aliphatic heterocycles. The second kappa shape index (κ2) is 14.8. The molecule has 0 fully saturated rings. The summed E-state index contributed by atoms with van der Waals surface area (Å²) in [7, 11) is 1.55. The summed E-state index contributed by atoms with van der Waals surface area (Å²) in [6.07, 6.45) is 0.0456. The van der Waals surface area contributed by atoms with E-state index in [9.17, 15) is 29.6 Å². The van der Waals surface area contributed by atoms with Crippen molar-refractivity contribution < 1.29 is 63.9 Å². The normalized spacial score (nSPS) is 14.1. The predicted molar refractivity (Wildman–Crippen MR) is 125 cm³/mol. The number of rotatable bonds is 12. The van der Waals surface area contributed by atoms with Crippen LogP contribution in [0.5, 0.6) is 0 Å². The number of pyridine rings is 1. The zero-order valence-electron chi connectivity index (χ0n) is 21.0. The van der Waals surface area contributed by atoms with Crippen LogP contribution >= 0.6 is 0 Å². The van der Waals surface area contributed by atoms with E-state index in [1.54, 1.807) is 25.3 Å². The Kier molecular flexibility index (Phi) is 13.3. The number of aliphatic hydroxyl groups is 3. The number of hydrogen-bond donors (Lipinski definition) is 3. The van der Waals surface area contributed by atoms with E-state index in [0.717, 1.165) is 16.7 Å². The van der Waals surface area contributed by atoms with Crippen LogP contribution in [0.1, 0.15) is 68.0 Å². The first-order chi connectivity index (χ1) is 16.1. The molecule has 0 unspecified atom stereocenters. The van der Waals surface area contributed by atoms with Gasteiger partial charge in [-0.25, -0.2) is 4.39 Å². The number of aliphatic carboxylic acids is 1. The van der Waals surface area contributed by atoms with Gasteiger partial charge in [-0.05, 0) is 29.2 Å². The molecule has 0 saturated carbocycles. The molecule has 35 heavy (non-hydrogen) atoms. The Morgan fingerprint density at radius 3 is 2.31 bits per heavy atom. The second-order valence-electron chi connectivity index (χ2n) is 8.72. The Labute approximate surface area is 228 Å². The number of benzene rings is 1. The predicted octanol–water partition coefficient (Wildman–Crippen LogP) is -0.478. The molecule has 0 saturated heterocycles. The zero-order chi connectivity index (χ0) is 25.4. The molecule has 9 heteroatoms. The molecule has 3 atom stereocenters. The summed E-state index contributed by atoms with van der Waals surface area (Å²) in [6, 6.07) is 6.02. The Balaban J connectivity index is 0.00000612. The number of nitrogens with zero attached hydrogens (tertiary/aromatic N) is 1. The minimum atomic E-state index is -1.40. The third kappa shape index (κ3) is 8.75. The first-order valence-corrected chi connectivity index (χ1v) is 11.3. The number of aromatic nitrogens is 1. The van der Waals surface area contributed by atoms with E-state index in [4.69, 9.17) is 9.72 Å². The maximum absolute atomic E-state index is 13.7. The average molecular weight is 498 g/mol. The molecule has 0 amide bonds. The van der Waals surface area contributed by atoms with Gasteiger partial charge in [-0.1, -0.05) is 45.1 Å². The minimum Gasteiger partial charge on any atom is -0.550 e. The van der Waals surface area contributed by atoms with Crippen molar-refractivity contribution in [1.82, 2.24) is 4.98 Å². The van der Waals surface area contributed by atoms with Crippen LogP contribution < -0.4 is 34.7 Å². The summed E-state index contributed by atoms with van der Waals surface area (Å²) < 4.78 is 19.2. The molecule has 3 N–H and O–H groups in total. The Hall–Kier alpha value is -1.65. The number of methoxy groups -OCH3 is 1. The number of carboxylic acid groups (broad SMARTS) is 1. The van der Waals surface area contributed by atoms with Crippen LogP contribution in [-0.4, -0.2) is 52.2 Å². The summed E-state index contributed by atoms with van der Waals surface area (Å²) in [5, 5.41) is 40.8. The van der Waals surface area contributed by atoms with Gasteiger partial charge < -0.3 is 30.0 Å². The van der Waals surface area contributed by atoms with E-state index in [2.05, 4.69) is 0 Å². The Morgan fingerprint density at radius 2 is 1.80 bits per heavy atom. The van der Waals surface area contributed by atoms with Crippen molar-refractivity contribution in [2.45, 2.75) is 64.3 Å². The summed E-state index contributed by atoms with van der Waals surface area (Å²) in [6.45, 7) is 5.88. The fraction of sp³-hybridized carbons (Fsp3) is 0.462. The second-order valence-corrected chi connectivity index (χ2v) is 8.72.